The molecular formula is C6H10ClNO. The van der Waals surface area contributed by atoms with Gasteiger partial charge in [0.1, 0.15) is 0 Å². The van der Waals surface area contributed by atoms with Crippen molar-refractivity contribution >= 4 is 17.3 Å². The van der Waals surface area contributed by atoms with Crippen molar-refractivity contribution in [3.63, 3.8) is 0 Å². The fraction of sp³-hybridized carbons (Fsp3) is 0.833. The van der Waals surface area contributed by atoms with E-state index in [2.05, 4.69) is 5.16 Å². The highest BCUT2D eigenvalue weighted by atomic mass is 35.5. The Bertz CT molecular complexity index is 124. The van der Waals surface area contributed by atoms with Gasteiger partial charge in [0.15, 0.2) is 0 Å². The highest BCUT2D eigenvalue weighted by Gasteiger charge is 2.17. The fourth-order valence-corrected chi connectivity index (χ4v) is 1.37. The number of hydrogen-bond donors (Lipinski definition) is 1. The van der Waals surface area contributed by atoms with Gasteiger partial charge in [0.25, 0.3) is 0 Å². The molecule has 1 aliphatic carbocycles. The van der Waals surface area contributed by atoms with E-state index in [-0.39, 0.29) is 5.38 Å². The van der Waals surface area contributed by atoms with Gasteiger partial charge in [-0.2, -0.15) is 0 Å². The monoisotopic (exact) mass is 147 g/mol. The molecule has 0 aromatic carbocycles. The average molecular weight is 148 g/mol. The number of oxime groups is 1. The topological polar surface area (TPSA) is 32.6 Å². The van der Waals surface area contributed by atoms with Crippen molar-refractivity contribution < 1.29 is 5.21 Å². The van der Waals surface area contributed by atoms with Crippen LogP contribution in [0.5, 0.6) is 0 Å². The summed E-state index contributed by atoms with van der Waals surface area (Å²) < 4.78 is 0. The lowest BCUT2D eigenvalue weighted by molar-refractivity contribution is 0.314. The number of alkyl halides is 1. The van der Waals surface area contributed by atoms with Gasteiger partial charge in [0.2, 0.25) is 0 Å². The Morgan fingerprint density at radius 3 is 2.78 bits per heavy atom. The second kappa shape index (κ2) is 3.06. The van der Waals surface area contributed by atoms with Crippen molar-refractivity contribution in [3.05, 3.63) is 0 Å². The Balaban J connectivity index is 2.49. The zero-order chi connectivity index (χ0) is 6.69. The third kappa shape index (κ3) is 1.58. The number of hydrogen-bond acceptors (Lipinski definition) is 2. The van der Waals surface area contributed by atoms with Gasteiger partial charge in [-0.15, -0.1) is 11.6 Å². The highest BCUT2D eigenvalue weighted by Crippen LogP contribution is 2.19. The highest BCUT2D eigenvalue weighted by molar-refractivity contribution is 6.32. The molecule has 1 saturated carbocycles. The van der Waals surface area contributed by atoms with Gasteiger partial charge < -0.3 is 5.21 Å². The van der Waals surface area contributed by atoms with E-state index >= 15 is 0 Å². The SMILES string of the molecule is O/N=C1\CCCCC1Cl. The number of halogens is 1. The molecule has 0 radical (unpaired) electrons. The molecule has 1 atom stereocenters. The molecule has 1 unspecified atom stereocenters. The minimum absolute atomic E-state index is 0.0104. The summed E-state index contributed by atoms with van der Waals surface area (Å²) in [5, 5.41) is 11.5. The number of nitrogens with zero attached hydrogens (tertiary/aromatic N) is 1. The van der Waals surface area contributed by atoms with Crippen LogP contribution in [0.4, 0.5) is 0 Å². The smallest absolute Gasteiger partial charge is 0.0751 e. The van der Waals surface area contributed by atoms with Crippen LogP contribution in [-0.4, -0.2) is 16.3 Å². The van der Waals surface area contributed by atoms with Crippen LogP contribution in [0.1, 0.15) is 25.7 Å². The molecule has 0 heterocycles. The zero-order valence-corrected chi connectivity index (χ0v) is 5.93. The Morgan fingerprint density at radius 2 is 2.33 bits per heavy atom. The van der Waals surface area contributed by atoms with Crippen LogP contribution in [-0.2, 0) is 0 Å². The molecule has 0 saturated heterocycles. The molecule has 0 aromatic heterocycles. The zero-order valence-electron chi connectivity index (χ0n) is 5.18. The minimum Gasteiger partial charge on any atom is -0.411 e. The Labute approximate surface area is 59.5 Å². The summed E-state index contributed by atoms with van der Waals surface area (Å²) in [6.45, 7) is 0. The van der Waals surface area contributed by atoms with E-state index in [0.717, 1.165) is 31.4 Å². The standard InChI is InChI=1S/C6H10ClNO/c7-5-3-1-2-4-6(5)8-9/h5,9H,1-4H2/b8-6+. The van der Waals surface area contributed by atoms with Crippen LogP contribution >= 0.6 is 11.6 Å². The Hall–Kier alpha value is -0.240. The molecule has 0 bridgehead atoms. The van der Waals surface area contributed by atoms with Crippen LogP contribution in [0.3, 0.4) is 0 Å². The van der Waals surface area contributed by atoms with E-state index in [9.17, 15) is 0 Å². The maximum absolute atomic E-state index is 8.36. The van der Waals surface area contributed by atoms with Crippen LogP contribution in [0.2, 0.25) is 0 Å². The molecule has 0 aliphatic heterocycles. The molecule has 0 amide bonds. The molecule has 1 rings (SSSR count). The first kappa shape index (κ1) is 6.87. The Morgan fingerprint density at radius 1 is 1.56 bits per heavy atom. The summed E-state index contributed by atoms with van der Waals surface area (Å²) in [6, 6.07) is 0. The molecule has 52 valence electrons. The maximum atomic E-state index is 8.36. The van der Waals surface area contributed by atoms with Crippen molar-refractivity contribution in [1.82, 2.24) is 0 Å². The lowest BCUT2D eigenvalue weighted by Gasteiger charge is -2.15. The Kier molecular flexibility index (Phi) is 2.34. The first-order chi connectivity index (χ1) is 4.34. The van der Waals surface area contributed by atoms with E-state index in [1.54, 1.807) is 0 Å². The van der Waals surface area contributed by atoms with Crippen LogP contribution in [0, 0.1) is 0 Å². The lowest BCUT2D eigenvalue weighted by atomic mass is 9.98. The van der Waals surface area contributed by atoms with Gasteiger partial charge in [-0.05, 0) is 19.3 Å². The van der Waals surface area contributed by atoms with Gasteiger partial charge >= 0.3 is 0 Å². The summed E-state index contributed by atoms with van der Waals surface area (Å²) in [5.74, 6) is 0. The molecule has 3 heteroatoms. The van der Waals surface area contributed by atoms with E-state index < -0.39 is 0 Å². The van der Waals surface area contributed by atoms with Gasteiger partial charge in [-0.3, -0.25) is 0 Å². The van der Waals surface area contributed by atoms with E-state index in [4.69, 9.17) is 16.8 Å². The predicted octanol–water partition coefficient (Wildman–Crippen LogP) is 2.00. The lowest BCUT2D eigenvalue weighted by Crippen LogP contribution is -2.18. The third-order valence-electron chi connectivity index (χ3n) is 1.63. The minimum atomic E-state index is -0.0104. The van der Waals surface area contributed by atoms with Crippen molar-refractivity contribution in [2.45, 2.75) is 31.1 Å². The third-order valence-corrected chi connectivity index (χ3v) is 2.10. The van der Waals surface area contributed by atoms with Crippen LogP contribution < -0.4 is 0 Å². The molecular weight excluding hydrogens is 138 g/mol. The van der Waals surface area contributed by atoms with Crippen molar-refractivity contribution in [2.24, 2.45) is 5.16 Å². The average Bonchev–Trinajstić information content (AvgIpc) is 1.89. The van der Waals surface area contributed by atoms with Crippen molar-refractivity contribution in [1.29, 1.82) is 0 Å². The molecule has 0 aromatic rings. The molecule has 1 aliphatic rings. The van der Waals surface area contributed by atoms with Gasteiger partial charge in [0.05, 0.1) is 11.1 Å². The quantitative estimate of drug-likeness (QED) is 0.317. The first-order valence-electron chi connectivity index (χ1n) is 3.19. The van der Waals surface area contributed by atoms with Gasteiger partial charge in [-0.25, -0.2) is 0 Å². The fourth-order valence-electron chi connectivity index (χ4n) is 1.07. The summed E-state index contributed by atoms with van der Waals surface area (Å²) in [5.41, 5.74) is 0.753. The largest absolute Gasteiger partial charge is 0.411 e. The summed E-state index contributed by atoms with van der Waals surface area (Å²) in [7, 11) is 0. The van der Waals surface area contributed by atoms with E-state index in [1.165, 1.54) is 0 Å². The molecule has 0 spiro atoms. The second-order valence-electron chi connectivity index (χ2n) is 2.30. The molecule has 1 N–H and O–H groups in total. The van der Waals surface area contributed by atoms with Crippen LogP contribution in [0.15, 0.2) is 5.16 Å². The summed E-state index contributed by atoms with van der Waals surface area (Å²) in [4.78, 5) is 0. The molecule has 9 heavy (non-hydrogen) atoms. The van der Waals surface area contributed by atoms with Crippen molar-refractivity contribution in [2.75, 3.05) is 0 Å². The predicted molar refractivity (Wildman–Crippen MR) is 37.3 cm³/mol. The second-order valence-corrected chi connectivity index (χ2v) is 2.83. The van der Waals surface area contributed by atoms with E-state index in [0.29, 0.717) is 0 Å². The van der Waals surface area contributed by atoms with Crippen LogP contribution in [0.25, 0.3) is 0 Å². The summed E-state index contributed by atoms with van der Waals surface area (Å²) >= 11 is 5.79. The maximum Gasteiger partial charge on any atom is 0.0751 e. The summed E-state index contributed by atoms with van der Waals surface area (Å²) in [6.07, 6.45) is 4.10. The van der Waals surface area contributed by atoms with Crippen molar-refractivity contribution in [3.8, 4) is 0 Å². The number of rotatable bonds is 0. The normalized spacial score (nSPS) is 33.0. The molecule has 1 fully saturated rings. The molecule has 2 nitrogen and oxygen atoms in total. The van der Waals surface area contributed by atoms with Gasteiger partial charge in [-0.1, -0.05) is 11.6 Å². The first-order valence-corrected chi connectivity index (χ1v) is 3.63. The van der Waals surface area contributed by atoms with E-state index in [1.807, 2.05) is 0 Å². The van der Waals surface area contributed by atoms with Gasteiger partial charge in [0, 0.05) is 0 Å².